The van der Waals surface area contributed by atoms with Crippen LogP contribution in [-0.4, -0.2) is 18.3 Å². The van der Waals surface area contributed by atoms with Crippen molar-refractivity contribution in [3.8, 4) is 0 Å². The molecule has 0 radical (unpaired) electrons. The summed E-state index contributed by atoms with van der Waals surface area (Å²) in [5.41, 5.74) is 0.297. The second-order valence-electron chi connectivity index (χ2n) is 5.65. The molecule has 0 saturated heterocycles. The first kappa shape index (κ1) is 14.3. The Kier molecular flexibility index (Phi) is 4.40. The zero-order valence-corrected chi connectivity index (χ0v) is 11.3. The summed E-state index contributed by atoms with van der Waals surface area (Å²) in [6, 6.07) is 2.39. The summed E-state index contributed by atoms with van der Waals surface area (Å²) in [5.74, 6) is -0.853. The van der Waals surface area contributed by atoms with Gasteiger partial charge in [0.1, 0.15) is 11.6 Å². The first-order valence-electron chi connectivity index (χ1n) is 6.87. The summed E-state index contributed by atoms with van der Waals surface area (Å²) in [5, 5.41) is 12.5. The third-order valence-electron chi connectivity index (χ3n) is 4.15. The van der Waals surface area contributed by atoms with Crippen molar-refractivity contribution in [3.63, 3.8) is 0 Å². The molecule has 1 saturated carbocycles. The molecular formula is C15H21F2NO. The SMILES string of the molecule is Cc1cc(F)c(NCC2(CO)CCCCC2)cc1F. The Bertz CT molecular complexity index is 442. The molecule has 1 aliphatic rings. The molecule has 19 heavy (non-hydrogen) atoms. The Morgan fingerprint density at radius 1 is 1.16 bits per heavy atom. The van der Waals surface area contributed by atoms with E-state index in [2.05, 4.69) is 5.32 Å². The predicted molar refractivity (Wildman–Crippen MR) is 72.2 cm³/mol. The number of aliphatic hydroxyl groups excluding tert-OH is 1. The number of rotatable bonds is 4. The Balaban J connectivity index is 2.07. The first-order valence-corrected chi connectivity index (χ1v) is 6.87. The van der Waals surface area contributed by atoms with Gasteiger partial charge in [-0.25, -0.2) is 8.78 Å². The van der Waals surface area contributed by atoms with Crippen molar-refractivity contribution >= 4 is 5.69 Å². The highest BCUT2D eigenvalue weighted by molar-refractivity contribution is 5.47. The van der Waals surface area contributed by atoms with Crippen LogP contribution in [0.1, 0.15) is 37.7 Å². The number of hydrogen-bond donors (Lipinski definition) is 2. The van der Waals surface area contributed by atoms with Gasteiger partial charge in [0, 0.05) is 18.0 Å². The maximum Gasteiger partial charge on any atom is 0.146 e. The summed E-state index contributed by atoms with van der Waals surface area (Å²) < 4.78 is 27.2. The number of aryl methyl sites for hydroxylation is 1. The van der Waals surface area contributed by atoms with Gasteiger partial charge in [0.25, 0.3) is 0 Å². The summed E-state index contributed by atoms with van der Waals surface area (Å²) in [6.45, 7) is 2.12. The van der Waals surface area contributed by atoms with E-state index in [9.17, 15) is 13.9 Å². The van der Waals surface area contributed by atoms with Crippen molar-refractivity contribution in [1.82, 2.24) is 0 Å². The molecule has 2 rings (SSSR count). The minimum atomic E-state index is -0.442. The molecule has 1 aliphatic carbocycles. The summed E-state index contributed by atoms with van der Waals surface area (Å²) in [6.07, 6.45) is 5.24. The van der Waals surface area contributed by atoms with E-state index < -0.39 is 11.6 Å². The molecule has 0 atom stereocenters. The topological polar surface area (TPSA) is 32.3 Å². The lowest BCUT2D eigenvalue weighted by Gasteiger charge is -2.36. The van der Waals surface area contributed by atoms with E-state index in [1.165, 1.54) is 18.6 Å². The second kappa shape index (κ2) is 5.87. The molecule has 4 heteroatoms. The molecule has 0 spiro atoms. The molecule has 0 unspecified atom stereocenters. The van der Waals surface area contributed by atoms with Crippen LogP contribution in [0, 0.1) is 24.0 Å². The monoisotopic (exact) mass is 269 g/mol. The predicted octanol–water partition coefficient (Wildman–Crippen LogP) is 3.63. The molecular weight excluding hydrogens is 248 g/mol. The minimum Gasteiger partial charge on any atom is -0.396 e. The quantitative estimate of drug-likeness (QED) is 0.875. The molecule has 0 aliphatic heterocycles. The van der Waals surface area contributed by atoms with E-state index in [-0.39, 0.29) is 17.7 Å². The van der Waals surface area contributed by atoms with Crippen LogP contribution in [0.3, 0.4) is 0 Å². The number of halogens is 2. The van der Waals surface area contributed by atoms with Crippen LogP contribution in [0.5, 0.6) is 0 Å². The largest absolute Gasteiger partial charge is 0.396 e. The fourth-order valence-corrected chi connectivity index (χ4v) is 2.76. The lowest BCUT2D eigenvalue weighted by molar-refractivity contribution is 0.0943. The summed E-state index contributed by atoms with van der Waals surface area (Å²) in [7, 11) is 0. The molecule has 2 N–H and O–H groups in total. The molecule has 0 aromatic heterocycles. The molecule has 106 valence electrons. The van der Waals surface area contributed by atoms with Gasteiger partial charge in [0.2, 0.25) is 0 Å². The second-order valence-corrected chi connectivity index (χ2v) is 5.65. The molecule has 1 fully saturated rings. The average molecular weight is 269 g/mol. The van der Waals surface area contributed by atoms with Gasteiger partial charge in [-0.05, 0) is 31.4 Å². The Morgan fingerprint density at radius 3 is 2.47 bits per heavy atom. The van der Waals surface area contributed by atoms with Crippen LogP contribution in [0.15, 0.2) is 12.1 Å². The number of aliphatic hydroxyl groups is 1. The molecule has 0 amide bonds. The Labute approximate surface area is 112 Å². The van der Waals surface area contributed by atoms with E-state index in [0.29, 0.717) is 12.1 Å². The maximum atomic E-state index is 13.7. The number of anilines is 1. The maximum absolute atomic E-state index is 13.7. The smallest absolute Gasteiger partial charge is 0.146 e. The Morgan fingerprint density at radius 2 is 1.84 bits per heavy atom. The van der Waals surface area contributed by atoms with Crippen LogP contribution < -0.4 is 5.32 Å². The minimum absolute atomic E-state index is 0.0932. The van der Waals surface area contributed by atoms with Crippen LogP contribution in [0.4, 0.5) is 14.5 Å². The van der Waals surface area contributed by atoms with Crippen LogP contribution in [0.25, 0.3) is 0 Å². The van der Waals surface area contributed by atoms with Crippen molar-refractivity contribution in [2.75, 3.05) is 18.5 Å². The van der Waals surface area contributed by atoms with E-state index >= 15 is 0 Å². The van der Waals surface area contributed by atoms with Gasteiger partial charge in [-0.15, -0.1) is 0 Å². The van der Waals surface area contributed by atoms with Crippen molar-refractivity contribution < 1.29 is 13.9 Å². The van der Waals surface area contributed by atoms with Gasteiger partial charge in [0.05, 0.1) is 12.3 Å². The highest BCUT2D eigenvalue weighted by Crippen LogP contribution is 2.36. The molecule has 1 aromatic carbocycles. The van der Waals surface area contributed by atoms with Gasteiger partial charge in [-0.2, -0.15) is 0 Å². The van der Waals surface area contributed by atoms with Gasteiger partial charge < -0.3 is 10.4 Å². The normalized spacial score (nSPS) is 18.3. The van der Waals surface area contributed by atoms with Crippen molar-refractivity contribution in [2.24, 2.45) is 5.41 Å². The third-order valence-corrected chi connectivity index (χ3v) is 4.15. The van der Waals surface area contributed by atoms with E-state index in [4.69, 9.17) is 0 Å². The molecule has 1 aromatic rings. The fourth-order valence-electron chi connectivity index (χ4n) is 2.76. The van der Waals surface area contributed by atoms with E-state index in [1.54, 1.807) is 6.92 Å². The highest BCUT2D eigenvalue weighted by Gasteiger charge is 2.31. The Hall–Kier alpha value is -1.16. The van der Waals surface area contributed by atoms with Crippen LogP contribution >= 0.6 is 0 Å². The standard InChI is InChI=1S/C15H21F2NO/c1-11-7-13(17)14(8-12(11)16)18-9-15(10-19)5-3-2-4-6-15/h7-8,18-19H,2-6,9-10H2,1H3. The van der Waals surface area contributed by atoms with Crippen molar-refractivity contribution in [1.29, 1.82) is 0 Å². The van der Waals surface area contributed by atoms with Gasteiger partial charge >= 0.3 is 0 Å². The zero-order chi connectivity index (χ0) is 13.9. The highest BCUT2D eigenvalue weighted by atomic mass is 19.1. The van der Waals surface area contributed by atoms with Gasteiger partial charge in [-0.1, -0.05) is 19.3 Å². The first-order chi connectivity index (χ1) is 9.06. The van der Waals surface area contributed by atoms with Crippen molar-refractivity contribution in [2.45, 2.75) is 39.0 Å². The molecule has 0 bridgehead atoms. The van der Waals surface area contributed by atoms with Crippen molar-refractivity contribution in [3.05, 3.63) is 29.3 Å². The van der Waals surface area contributed by atoms with E-state index in [1.807, 2.05) is 0 Å². The van der Waals surface area contributed by atoms with Crippen LogP contribution in [-0.2, 0) is 0 Å². The van der Waals surface area contributed by atoms with Crippen LogP contribution in [0.2, 0.25) is 0 Å². The number of nitrogens with one attached hydrogen (secondary N) is 1. The molecule has 0 heterocycles. The fraction of sp³-hybridized carbons (Fsp3) is 0.600. The van der Waals surface area contributed by atoms with Gasteiger partial charge in [0.15, 0.2) is 0 Å². The number of hydrogen-bond acceptors (Lipinski definition) is 2. The summed E-state index contributed by atoms with van der Waals surface area (Å²) in [4.78, 5) is 0. The lowest BCUT2D eigenvalue weighted by atomic mass is 9.74. The molecule has 2 nitrogen and oxygen atoms in total. The summed E-state index contributed by atoms with van der Waals surface area (Å²) >= 11 is 0. The number of benzene rings is 1. The third kappa shape index (κ3) is 3.24. The zero-order valence-electron chi connectivity index (χ0n) is 11.3. The van der Waals surface area contributed by atoms with Gasteiger partial charge in [-0.3, -0.25) is 0 Å². The average Bonchev–Trinajstić information content (AvgIpc) is 2.42. The lowest BCUT2D eigenvalue weighted by Crippen LogP contribution is -2.35. The van der Waals surface area contributed by atoms with E-state index in [0.717, 1.165) is 25.7 Å².